The molecule has 25 heavy (non-hydrogen) atoms. The number of carbonyl (C=O) groups excluding carboxylic acids is 1. The molecule has 134 valence electrons. The highest BCUT2D eigenvalue weighted by atomic mass is 35.5. The topological polar surface area (TPSA) is 50.8 Å². The lowest BCUT2D eigenvalue weighted by Gasteiger charge is -2.19. The quantitative estimate of drug-likeness (QED) is 0.815. The van der Waals surface area contributed by atoms with Crippen LogP contribution in [0, 0.1) is 6.92 Å². The number of nitrogens with one attached hydrogen (secondary N) is 1. The number of amides is 1. The molecule has 2 rings (SSSR count). The summed E-state index contributed by atoms with van der Waals surface area (Å²) in [4.78, 5) is 14.2. The Morgan fingerprint density at radius 3 is 2.56 bits per heavy atom. The van der Waals surface area contributed by atoms with Gasteiger partial charge in [-0.3, -0.25) is 9.69 Å². The number of hydrogen-bond acceptors (Lipinski definition) is 4. The Morgan fingerprint density at radius 1 is 1.16 bits per heavy atom. The van der Waals surface area contributed by atoms with E-state index in [1.165, 1.54) is 0 Å². The molecule has 0 aliphatic carbocycles. The van der Waals surface area contributed by atoms with Crippen molar-refractivity contribution in [3.05, 3.63) is 52.5 Å². The van der Waals surface area contributed by atoms with Crippen LogP contribution < -0.4 is 14.8 Å². The lowest BCUT2D eigenvalue weighted by Crippen LogP contribution is -2.30. The number of ether oxygens (including phenoxy) is 2. The van der Waals surface area contributed by atoms with Crippen molar-refractivity contribution in [3.63, 3.8) is 0 Å². The van der Waals surface area contributed by atoms with Crippen LogP contribution >= 0.6 is 11.6 Å². The second kappa shape index (κ2) is 8.74. The van der Waals surface area contributed by atoms with Gasteiger partial charge in [0.15, 0.2) is 11.5 Å². The van der Waals surface area contributed by atoms with Gasteiger partial charge in [-0.15, -0.1) is 0 Å². The molecule has 2 aromatic rings. The molecule has 5 nitrogen and oxygen atoms in total. The summed E-state index contributed by atoms with van der Waals surface area (Å²) >= 11 is 6.08. The van der Waals surface area contributed by atoms with Crippen molar-refractivity contribution in [1.82, 2.24) is 4.90 Å². The Balaban J connectivity index is 2.01. The standard InChI is InChI=1S/C19H23ClN2O3/c1-13-15(20)8-6-9-16(13)21-18(23)12-22(2)11-14-7-5-10-17(24-3)19(14)25-4/h5-10H,11-12H2,1-4H3,(H,21,23). The van der Waals surface area contributed by atoms with Crippen molar-refractivity contribution in [3.8, 4) is 11.5 Å². The summed E-state index contributed by atoms with van der Waals surface area (Å²) < 4.78 is 10.7. The lowest BCUT2D eigenvalue weighted by molar-refractivity contribution is -0.117. The first-order valence-electron chi connectivity index (χ1n) is 7.89. The highest BCUT2D eigenvalue weighted by molar-refractivity contribution is 6.31. The van der Waals surface area contributed by atoms with E-state index >= 15 is 0 Å². The van der Waals surface area contributed by atoms with E-state index in [-0.39, 0.29) is 12.5 Å². The smallest absolute Gasteiger partial charge is 0.238 e. The molecule has 0 aliphatic rings. The molecule has 0 aromatic heterocycles. The van der Waals surface area contributed by atoms with Gasteiger partial charge in [0.2, 0.25) is 5.91 Å². The fraction of sp³-hybridized carbons (Fsp3) is 0.316. The minimum atomic E-state index is -0.102. The average Bonchev–Trinajstić information content (AvgIpc) is 2.58. The van der Waals surface area contributed by atoms with Crippen molar-refractivity contribution in [1.29, 1.82) is 0 Å². The van der Waals surface area contributed by atoms with Gasteiger partial charge >= 0.3 is 0 Å². The van der Waals surface area contributed by atoms with Crippen molar-refractivity contribution in [2.75, 3.05) is 33.1 Å². The summed E-state index contributed by atoms with van der Waals surface area (Å²) in [5, 5.41) is 3.53. The van der Waals surface area contributed by atoms with Gasteiger partial charge in [0.1, 0.15) is 0 Å². The van der Waals surface area contributed by atoms with Crippen molar-refractivity contribution in [2.45, 2.75) is 13.5 Å². The minimum absolute atomic E-state index is 0.102. The molecule has 0 radical (unpaired) electrons. The molecular weight excluding hydrogens is 340 g/mol. The fourth-order valence-electron chi connectivity index (χ4n) is 2.60. The summed E-state index contributed by atoms with van der Waals surface area (Å²) in [6, 6.07) is 11.2. The number of halogens is 1. The molecule has 0 saturated carbocycles. The number of nitrogens with zero attached hydrogens (tertiary/aromatic N) is 1. The fourth-order valence-corrected chi connectivity index (χ4v) is 2.78. The maximum absolute atomic E-state index is 12.3. The predicted molar refractivity (Wildman–Crippen MR) is 101 cm³/mol. The number of para-hydroxylation sites is 1. The molecule has 0 heterocycles. The van der Waals surface area contributed by atoms with Crippen LogP contribution in [0.2, 0.25) is 5.02 Å². The lowest BCUT2D eigenvalue weighted by atomic mass is 10.1. The zero-order valence-corrected chi connectivity index (χ0v) is 15.7. The largest absolute Gasteiger partial charge is 0.493 e. The molecule has 0 atom stereocenters. The molecule has 1 amide bonds. The highest BCUT2D eigenvalue weighted by Crippen LogP contribution is 2.31. The van der Waals surface area contributed by atoms with Crippen LogP contribution in [0.3, 0.4) is 0 Å². The Morgan fingerprint density at radius 2 is 1.88 bits per heavy atom. The van der Waals surface area contributed by atoms with E-state index in [4.69, 9.17) is 21.1 Å². The number of rotatable bonds is 7. The number of methoxy groups -OCH3 is 2. The third-order valence-electron chi connectivity index (χ3n) is 3.88. The molecule has 1 N–H and O–H groups in total. The van der Waals surface area contributed by atoms with E-state index in [0.29, 0.717) is 23.1 Å². The predicted octanol–water partition coefficient (Wildman–Crippen LogP) is 3.74. The first kappa shape index (κ1) is 19.1. The molecule has 0 aliphatic heterocycles. The van der Waals surface area contributed by atoms with E-state index < -0.39 is 0 Å². The molecule has 0 saturated heterocycles. The van der Waals surface area contributed by atoms with Gasteiger partial charge in [-0.05, 0) is 37.7 Å². The second-order valence-electron chi connectivity index (χ2n) is 5.79. The van der Waals surface area contributed by atoms with Crippen LogP contribution in [0.15, 0.2) is 36.4 Å². The Hall–Kier alpha value is -2.24. The van der Waals surface area contributed by atoms with E-state index in [2.05, 4.69) is 5.32 Å². The third kappa shape index (κ3) is 4.87. The van der Waals surface area contributed by atoms with Gasteiger partial charge < -0.3 is 14.8 Å². The highest BCUT2D eigenvalue weighted by Gasteiger charge is 2.14. The van der Waals surface area contributed by atoms with Crippen LogP contribution in [0.25, 0.3) is 0 Å². The number of anilines is 1. The van der Waals surface area contributed by atoms with Crippen molar-refractivity contribution >= 4 is 23.2 Å². The zero-order chi connectivity index (χ0) is 18.4. The van der Waals surface area contributed by atoms with Crippen LogP contribution in [0.4, 0.5) is 5.69 Å². The van der Waals surface area contributed by atoms with Gasteiger partial charge in [0.25, 0.3) is 0 Å². The Labute approximate surface area is 153 Å². The van der Waals surface area contributed by atoms with Gasteiger partial charge in [-0.1, -0.05) is 29.8 Å². The van der Waals surface area contributed by atoms with Crippen molar-refractivity contribution in [2.24, 2.45) is 0 Å². The average molecular weight is 363 g/mol. The number of benzene rings is 2. The van der Waals surface area contributed by atoms with Gasteiger partial charge in [-0.2, -0.15) is 0 Å². The van der Waals surface area contributed by atoms with E-state index in [1.807, 2.05) is 49.2 Å². The van der Waals surface area contributed by atoms with Gasteiger partial charge in [-0.25, -0.2) is 0 Å². The van der Waals surface area contributed by atoms with E-state index in [1.54, 1.807) is 20.3 Å². The Kier molecular flexibility index (Phi) is 6.67. The normalized spacial score (nSPS) is 10.6. The molecule has 6 heteroatoms. The molecule has 0 spiro atoms. The number of likely N-dealkylation sites (N-methyl/N-ethyl adjacent to an activating group) is 1. The van der Waals surface area contributed by atoms with E-state index in [0.717, 1.165) is 16.8 Å². The zero-order valence-electron chi connectivity index (χ0n) is 14.9. The summed E-state index contributed by atoms with van der Waals surface area (Å²) in [7, 11) is 5.09. The summed E-state index contributed by atoms with van der Waals surface area (Å²) in [6.07, 6.45) is 0. The molecule has 0 bridgehead atoms. The maximum atomic E-state index is 12.3. The minimum Gasteiger partial charge on any atom is -0.493 e. The molecular formula is C19H23ClN2O3. The first-order chi connectivity index (χ1) is 12.0. The number of hydrogen-bond donors (Lipinski definition) is 1. The molecule has 0 unspecified atom stereocenters. The van der Waals surface area contributed by atoms with Crippen LogP contribution in [-0.2, 0) is 11.3 Å². The second-order valence-corrected chi connectivity index (χ2v) is 6.19. The molecule has 0 fully saturated rings. The van der Waals surface area contributed by atoms with E-state index in [9.17, 15) is 4.79 Å². The maximum Gasteiger partial charge on any atom is 0.238 e. The molecule has 2 aromatic carbocycles. The summed E-state index contributed by atoms with van der Waals surface area (Å²) in [6.45, 7) is 2.68. The van der Waals surface area contributed by atoms with Crippen LogP contribution in [0.5, 0.6) is 11.5 Å². The van der Waals surface area contributed by atoms with Gasteiger partial charge in [0.05, 0.1) is 20.8 Å². The first-order valence-corrected chi connectivity index (χ1v) is 8.27. The summed E-state index contributed by atoms with van der Waals surface area (Å²) in [5.41, 5.74) is 2.54. The Bertz CT molecular complexity index is 749. The van der Waals surface area contributed by atoms with Crippen LogP contribution in [-0.4, -0.2) is 38.6 Å². The van der Waals surface area contributed by atoms with Crippen LogP contribution in [0.1, 0.15) is 11.1 Å². The SMILES string of the molecule is COc1cccc(CN(C)CC(=O)Nc2cccc(Cl)c2C)c1OC. The third-order valence-corrected chi connectivity index (χ3v) is 4.29. The van der Waals surface area contributed by atoms with Crippen molar-refractivity contribution < 1.29 is 14.3 Å². The number of carbonyl (C=O) groups is 1. The summed E-state index contributed by atoms with van der Waals surface area (Å²) in [5.74, 6) is 1.25. The van der Waals surface area contributed by atoms with Gasteiger partial charge in [0, 0.05) is 22.8 Å². The monoisotopic (exact) mass is 362 g/mol.